The van der Waals surface area contributed by atoms with Crippen molar-refractivity contribution in [2.45, 2.75) is 6.54 Å². The lowest BCUT2D eigenvalue weighted by Gasteiger charge is -2.11. The second-order valence-corrected chi connectivity index (χ2v) is 4.19. The van der Waals surface area contributed by atoms with E-state index in [2.05, 4.69) is 10.3 Å². The lowest BCUT2D eigenvalue weighted by molar-refractivity contribution is 0.100. The molecule has 0 aliphatic carbocycles. The van der Waals surface area contributed by atoms with Crippen molar-refractivity contribution in [1.29, 1.82) is 0 Å². The minimum atomic E-state index is -0.578. The number of amides is 1. The van der Waals surface area contributed by atoms with Crippen LogP contribution in [0.2, 0.25) is 0 Å². The second-order valence-electron chi connectivity index (χ2n) is 4.19. The zero-order valence-electron chi connectivity index (χ0n) is 11.1. The highest BCUT2D eigenvalue weighted by atomic mass is 16.5. The molecule has 0 unspecified atom stereocenters. The van der Waals surface area contributed by atoms with Crippen LogP contribution in [0.1, 0.15) is 15.9 Å². The standard InChI is InChI=1S/C14H16N4O2/c1-20-12-5-3-2-4-9(12)7-17-13-6-10(14(16)19)11(15)8-18-13/h2-6,8H,7,15H2,1H3,(H2,16,19)(H,17,18). The smallest absolute Gasteiger partial charge is 0.250 e. The molecule has 1 aromatic heterocycles. The summed E-state index contributed by atoms with van der Waals surface area (Å²) in [5.74, 6) is 0.731. The van der Waals surface area contributed by atoms with Crippen molar-refractivity contribution >= 4 is 17.4 Å². The lowest BCUT2D eigenvalue weighted by atomic mass is 10.2. The third-order valence-electron chi connectivity index (χ3n) is 2.85. The molecule has 2 aromatic rings. The van der Waals surface area contributed by atoms with Crippen LogP contribution in [0, 0.1) is 0 Å². The third-order valence-corrected chi connectivity index (χ3v) is 2.85. The van der Waals surface area contributed by atoms with Crippen LogP contribution in [-0.2, 0) is 6.54 Å². The Labute approximate surface area is 116 Å². The highest BCUT2D eigenvalue weighted by molar-refractivity contribution is 5.98. The number of benzene rings is 1. The maximum Gasteiger partial charge on any atom is 0.250 e. The van der Waals surface area contributed by atoms with E-state index in [1.807, 2.05) is 24.3 Å². The number of aromatic nitrogens is 1. The molecule has 1 amide bonds. The highest BCUT2D eigenvalue weighted by Gasteiger charge is 2.08. The number of para-hydroxylation sites is 1. The number of anilines is 2. The summed E-state index contributed by atoms with van der Waals surface area (Å²) in [5, 5.41) is 3.10. The van der Waals surface area contributed by atoms with Gasteiger partial charge in [-0.25, -0.2) is 4.98 Å². The number of hydrogen-bond donors (Lipinski definition) is 3. The van der Waals surface area contributed by atoms with E-state index in [-0.39, 0.29) is 11.3 Å². The maximum absolute atomic E-state index is 11.2. The summed E-state index contributed by atoms with van der Waals surface area (Å²) in [6, 6.07) is 9.17. The molecular formula is C14H16N4O2. The van der Waals surface area contributed by atoms with Gasteiger partial charge in [0.15, 0.2) is 0 Å². The Balaban J connectivity index is 2.15. The summed E-state index contributed by atoms with van der Waals surface area (Å²) >= 11 is 0. The van der Waals surface area contributed by atoms with Crippen LogP contribution < -0.4 is 21.5 Å². The molecule has 0 atom stereocenters. The molecule has 0 radical (unpaired) electrons. The molecular weight excluding hydrogens is 256 g/mol. The van der Waals surface area contributed by atoms with Crippen LogP contribution in [0.5, 0.6) is 5.75 Å². The van der Waals surface area contributed by atoms with Crippen molar-refractivity contribution in [1.82, 2.24) is 4.98 Å². The molecule has 0 aliphatic heterocycles. The molecule has 0 bridgehead atoms. The number of nitrogens with one attached hydrogen (secondary N) is 1. The molecule has 20 heavy (non-hydrogen) atoms. The van der Waals surface area contributed by atoms with Crippen LogP contribution in [0.3, 0.4) is 0 Å². The quantitative estimate of drug-likeness (QED) is 0.763. The van der Waals surface area contributed by atoms with Gasteiger partial charge >= 0.3 is 0 Å². The molecule has 0 spiro atoms. The summed E-state index contributed by atoms with van der Waals surface area (Å²) < 4.78 is 5.26. The van der Waals surface area contributed by atoms with Gasteiger partial charge < -0.3 is 21.5 Å². The van der Waals surface area contributed by atoms with Gasteiger partial charge in [0, 0.05) is 12.1 Å². The van der Waals surface area contributed by atoms with Crippen LogP contribution in [-0.4, -0.2) is 18.0 Å². The predicted molar refractivity (Wildman–Crippen MR) is 77.5 cm³/mol. The van der Waals surface area contributed by atoms with Crippen molar-refractivity contribution in [2.75, 3.05) is 18.2 Å². The van der Waals surface area contributed by atoms with Gasteiger partial charge in [-0.1, -0.05) is 18.2 Å². The number of carbonyl (C=O) groups is 1. The molecule has 1 heterocycles. The number of nitrogens with zero attached hydrogens (tertiary/aromatic N) is 1. The molecule has 0 aliphatic rings. The third kappa shape index (κ3) is 2.97. The molecule has 1 aromatic carbocycles. The van der Waals surface area contributed by atoms with Gasteiger partial charge in [0.2, 0.25) is 0 Å². The van der Waals surface area contributed by atoms with Gasteiger partial charge in [-0.2, -0.15) is 0 Å². The highest BCUT2D eigenvalue weighted by Crippen LogP contribution is 2.19. The van der Waals surface area contributed by atoms with Gasteiger partial charge in [-0.3, -0.25) is 4.79 Å². The normalized spacial score (nSPS) is 10.1. The van der Waals surface area contributed by atoms with E-state index in [9.17, 15) is 4.79 Å². The van der Waals surface area contributed by atoms with Crippen LogP contribution in [0.25, 0.3) is 0 Å². The number of ether oxygens (including phenoxy) is 1. The Morgan fingerprint density at radius 1 is 1.40 bits per heavy atom. The van der Waals surface area contributed by atoms with E-state index in [0.717, 1.165) is 11.3 Å². The van der Waals surface area contributed by atoms with Gasteiger partial charge in [0.25, 0.3) is 5.91 Å². The van der Waals surface area contributed by atoms with Crippen LogP contribution in [0.15, 0.2) is 36.5 Å². The Bertz CT molecular complexity index is 628. The van der Waals surface area contributed by atoms with E-state index < -0.39 is 5.91 Å². The first-order valence-electron chi connectivity index (χ1n) is 6.03. The number of hydrogen-bond acceptors (Lipinski definition) is 5. The zero-order valence-corrected chi connectivity index (χ0v) is 11.1. The second kappa shape index (κ2) is 5.92. The van der Waals surface area contributed by atoms with E-state index in [1.54, 1.807) is 7.11 Å². The number of nitrogens with two attached hydrogens (primary N) is 2. The SMILES string of the molecule is COc1ccccc1CNc1cc(C(N)=O)c(N)cn1. The summed E-state index contributed by atoms with van der Waals surface area (Å²) in [4.78, 5) is 15.3. The number of carbonyl (C=O) groups excluding carboxylic acids is 1. The lowest BCUT2D eigenvalue weighted by Crippen LogP contribution is -2.14. The summed E-state index contributed by atoms with van der Waals surface area (Å²) in [7, 11) is 1.62. The van der Waals surface area contributed by atoms with E-state index in [1.165, 1.54) is 12.3 Å². The summed E-state index contributed by atoms with van der Waals surface area (Å²) in [5.41, 5.74) is 12.4. The average molecular weight is 272 g/mol. The van der Waals surface area contributed by atoms with Gasteiger partial charge in [-0.05, 0) is 12.1 Å². The van der Waals surface area contributed by atoms with Crippen molar-refractivity contribution < 1.29 is 9.53 Å². The first kappa shape index (κ1) is 13.7. The largest absolute Gasteiger partial charge is 0.496 e. The number of nitrogen functional groups attached to an aromatic ring is 1. The van der Waals surface area contributed by atoms with Crippen LogP contribution >= 0.6 is 0 Å². The Morgan fingerprint density at radius 2 is 2.15 bits per heavy atom. The van der Waals surface area contributed by atoms with Crippen molar-refractivity contribution in [2.24, 2.45) is 5.73 Å². The van der Waals surface area contributed by atoms with Gasteiger partial charge in [0.05, 0.1) is 24.6 Å². The number of rotatable bonds is 5. The van der Waals surface area contributed by atoms with Crippen molar-refractivity contribution in [3.8, 4) is 5.75 Å². The molecule has 104 valence electrons. The number of primary amides is 1. The topological polar surface area (TPSA) is 103 Å². The predicted octanol–water partition coefficient (Wildman–Crippen LogP) is 1.38. The number of pyridine rings is 1. The monoisotopic (exact) mass is 272 g/mol. The Kier molecular flexibility index (Phi) is 4.05. The molecule has 0 fully saturated rings. The van der Waals surface area contributed by atoms with Gasteiger partial charge in [-0.15, -0.1) is 0 Å². The van der Waals surface area contributed by atoms with Crippen LogP contribution in [0.4, 0.5) is 11.5 Å². The fourth-order valence-electron chi connectivity index (χ4n) is 1.81. The molecule has 0 saturated carbocycles. The minimum Gasteiger partial charge on any atom is -0.496 e. The van der Waals surface area contributed by atoms with Crippen molar-refractivity contribution in [3.05, 3.63) is 47.7 Å². The molecule has 6 heteroatoms. The van der Waals surface area contributed by atoms with Crippen molar-refractivity contribution in [3.63, 3.8) is 0 Å². The van der Waals surface area contributed by atoms with E-state index in [0.29, 0.717) is 12.4 Å². The fraction of sp³-hybridized carbons (Fsp3) is 0.143. The first-order chi connectivity index (χ1) is 9.61. The molecule has 6 nitrogen and oxygen atoms in total. The Hall–Kier alpha value is -2.76. The zero-order chi connectivity index (χ0) is 14.5. The minimum absolute atomic E-state index is 0.252. The average Bonchev–Trinajstić information content (AvgIpc) is 2.46. The summed E-state index contributed by atoms with van der Waals surface area (Å²) in [6.45, 7) is 0.513. The fourth-order valence-corrected chi connectivity index (χ4v) is 1.81. The molecule has 5 N–H and O–H groups in total. The van der Waals surface area contributed by atoms with Gasteiger partial charge in [0.1, 0.15) is 11.6 Å². The Morgan fingerprint density at radius 3 is 2.85 bits per heavy atom. The number of methoxy groups -OCH3 is 1. The molecule has 2 rings (SSSR count). The van der Waals surface area contributed by atoms with E-state index >= 15 is 0 Å². The first-order valence-corrected chi connectivity index (χ1v) is 6.03. The molecule has 0 saturated heterocycles. The van der Waals surface area contributed by atoms with E-state index in [4.69, 9.17) is 16.2 Å². The summed E-state index contributed by atoms with van der Waals surface area (Å²) in [6.07, 6.45) is 1.41. The maximum atomic E-state index is 11.2.